The first-order valence-electron chi connectivity index (χ1n) is 9.23. The van der Waals surface area contributed by atoms with E-state index in [9.17, 15) is 8.78 Å². The second-order valence-electron chi connectivity index (χ2n) is 7.28. The molecule has 1 aliphatic rings. The van der Waals surface area contributed by atoms with Crippen molar-refractivity contribution in [3.05, 3.63) is 65.0 Å². The lowest BCUT2D eigenvalue weighted by Crippen LogP contribution is -2.50. The summed E-state index contributed by atoms with van der Waals surface area (Å²) in [4.78, 5) is 11.7. The molecular weight excluding hydrogens is 362 g/mol. The highest BCUT2D eigenvalue weighted by molar-refractivity contribution is 5.77. The molecule has 0 fully saturated rings. The molecule has 7 heteroatoms. The Morgan fingerprint density at radius 1 is 1.14 bits per heavy atom. The van der Waals surface area contributed by atoms with E-state index in [2.05, 4.69) is 46.1 Å². The molecule has 2 heterocycles. The molecule has 0 unspecified atom stereocenters. The van der Waals surface area contributed by atoms with E-state index in [4.69, 9.17) is 10.5 Å². The second-order valence-corrected chi connectivity index (χ2v) is 7.28. The number of nitrogens with zero attached hydrogens (tertiary/aromatic N) is 2. The van der Waals surface area contributed by atoms with E-state index in [-0.39, 0.29) is 6.02 Å². The molecule has 3 aromatic rings. The van der Waals surface area contributed by atoms with Crippen molar-refractivity contribution in [3.8, 4) is 0 Å². The largest absolute Gasteiger partial charge is 0.459 e. The van der Waals surface area contributed by atoms with Crippen LogP contribution in [0, 0.1) is 0 Å². The standard InChI is InChI=1S/C21H22F2N4O/c1-3-13-4-6-14(7-5-13)10-18-25-16-9-8-15(11-17(16)26-18)20(2)21(22,23)12-28-19(24)27-20/h4-9,11H,3,10,12H2,1-2H3,(H2,24,27)(H,25,26)/t20-/m1/s1. The summed E-state index contributed by atoms with van der Waals surface area (Å²) >= 11 is 0. The van der Waals surface area contributed by atoms with Crippen LogP contribution in [0.25, 0.3) is 11.0 Å². The highest BCUT2D eigenvalue weighted by atomic mass is 19.3. The van der Waals surface area contributed by atoms with Gasteiger partial charge in [0.15, 0.2) is 12.1 Å². The molecule has 0 saturated carbocycles. The van der Waals surface area contributed by atoms with E-state index in [0.717, 1.165) is 23.3 Å². The number of imidazole rings is 1. The number of nitrogens with one attached hydrogen (secondary N) is 1. The molecule has 146 valence electrons. The van der Waals surface area contributed by atoms with Crippen LogP contribution < -0.4 is 5.73 Å². The Labute approximate surface area is 161 Å². The van der Waals surface area contributed by atoms with Gasteiger partial charge >= 0.3 is 5.92 Å². The second kappa shape index (κ2) is 6.58. The van der Waals surface area contributed by atoms with Crippen molar-refractivity contribution in [2.75, 3.05) is 6.61 Å². The third-order valence-electron chi connectivity index (χ3n) is 5.34. The van der Waals surface area contributed by atoms with Crippen LogP contribution in [-0.2, 0) is 23.1 Å². The number of benzene rings is 2. The summed E-state index contributed by atoms with van der Waals surface area (Å²) in [5.74, 6) is -2.39. The van der Waals surface area contributed by atoms with Crippen LogP contribution in [0.5, 0.6) is 0 Å². The first-order valence-corrected chi connectivity index (χ1v) is 9.23. The normalized spacial score (nSPS) is 21.4. The minimum Gasteiger partial charge on any atom is -0.459 e. The van der Waals surface area contributed by atoms with Gasteiger partial charge in [-0.2, -0.15) is 8.78 Å². The molecule has 0 amide bonds. The van der Waals surface area contributed by atoms with E-state index >= 15 is 0 Å². The first kappa shape index (κ1) is 18.4. The summed E-state index contributed by atoms with van der Waals surface area (Å²) in [6, 6.07) is 13.2. The maximum absolute atomic E-state index is 14.6. The molecular formula is C21H22F2N4O. The number of H-pyrrole nitrogens is 1. The van der Waals surface area contributed by atoms with Crippen molar-refractivity contribution in [3.63, 3.8) is 0 Å². The summed E-state index contributed by atoms with van der Waals surface area (Å²) in [6.45, 7) is 2.70. The maximum Gasteiger partial charge on any atom is 0.310 e. The average molecular weight is 384 g/mol. The molecule has 1 atom stereocenters. The number of fused-ring (bicyclic) bond motifs is 1. The monoisotopic (exact) mass is 384 g/mol. The molecule has 0 aliphatic carbocycles. The van der Waals surface area contributed by atoms with Gasteiger partial charge in [0.25, 0.3) is 6.02 Å². The van der Waals surface area contributed by atoms with E-state index in [0.29, 0.717) is 17.5 Å². The fourth-order valence-electron chi connectivity index (χ4n) is 3.45. The highest BCUT2D eigenvalue weighted by Crippen LogP contribution is 2.43. The SMILES string of the molecule is CCc1ccc(Cc2nc3ccc([C@@]4(C)N=C(N)OCC4(F)F)cc3[nH]2)cc1. The van der Waals surface area contributed by atoms with Crippen molar-refractivity contribution < 1.29 is 13.5 Å². The Bertz CT molecular complexity index is 1040. The average Bonchev–Trinajstić information content (AvgIpc) is 3.07. The molecule has 3 N–H and O–H groups in total. The first-order chi connectivity index (χ1) is 13.3. The molecule has 0 spiro atoms. The molecule has 4 rings (SSSR count). The number of ether oxygens (including phenoxy) is 1. The van der Waals surface area contributed by atoms with Crippen LogP contribution in [0.15, 0.2) is 47.5 Å². The van der Waals surface area contributed by atoms with Crippen LogP contribution in [0.2, 0.25) is 0 Å². The van der Waals surface area contributed by atoms with Crippen molar-refractivity contribution in [2.45, 2.75) is 38.2 Å². The summed E-state index contributed by atoms with van der Waals surface area (Å²) in [5.41, 5.74) is 7.97. The van der Waals surface area contributed by atoms with E-state index in [1.165, 1.54) is 12.5 Å². The summed E-state index contributed by atoms with van der Waals surface area (Å²) in [5, 5.41) is 0. The van der Waals surface area contributed by atoms with Gasteiger partial charge in [0.1, 0.15) is 5.82 Å². The van der Waals surface area contributed by atoms with Crippen molar-refractivity contribution in [2.24, 2.45) is 10.7 Å². The number of halogens is 2. The van der Waals surface area contributed by atoms with E-state index < -0.39 is 18.1 Å². The Kier molecular flexibility index (Phi) is 4.33. The maximum atomic E-state index is 14.6. The van der Waals surface area contributed by atoms with E-state index in [1.54, 1.807) is 18.2 Å². The number of alkyl halides is 2. The zero-order valence-corrected chi connectivity index (χ0v) is 15.8. The van der Waals surface area contributed by atoms with Gasteiger partial charge in [0.2, 0.25) is 0 Å². The smallest absolute Gasteiger partial charge is 0.310 e. The molecule has 5 nitrogen and oxygen atoms in total. The minimum atomic E-state index is -3.17. The Morgan fingerprint density at radius 2 is 1.86 bits per heavy atom. The Balaban J connectivity index is 1.67. The lowest BCUT2D eigenvalue weighted by Gasteiger charge is -2.37. The molecule has 1 aromatic heterocycles. The lowest BCUT2D eigenvalue weighted by atomic mass is 9.85. The molecule has 1 aliphatic heterocycles. The minimum absolute atomic E-state index is 0.227. The quantitative estimate of drug-likeness (QED) is 0.716. The van der Waals surface area contributed by atoms with Crippen LogP contribution in [0.3, 0.4) is 0 Å². The van der Waals surface area contributed by atoms with E-state index in [1.807, 2.05) is 0 Å². The van der Waals surface area contributed by atoms with Crippen molar-refractivity contribution in [1.29, 1.82) is 0 Å². The van der Waals surface area contributed by atoms with Gasteiger partial charge in [0, 0.05) is 6.42 Å². The number of aryl methyl sites for hydroxylation is 1. The van der Waals surface area contributed by atoms with Gasteiger partial charge in [-0.1, -0.05) is 37.3 Å². The van der Waals surface area contributed by atoms with Gasteiger partial charge in [-0.15, -0.1) is 0 Å². The zero-order valence-electron chi connectivity index (χ0n) is 15.8. The number of aromatic amines is 1. The van der Waals surface area contributed by atoms with Gasteiger partial charge in [0.05, 0.1) is 11.0 Å². The van der Waals surface area contributed by atoms with Crippen LogP contribution in [0.4, 0.5) is 8.78 Å². The Morgan fingerprint density at radius 3 is 2.57 bits per heavy atom. The summed E-state index contributed by atoms with van der Waals surface area (Å²) in [7, 11) is 0. The van der Waals surface area contributed by atoms with Gasteiger partial charge in [-0.05, 0) is 42.2 Å². The Hall–Kier alpha value is -2.96. The van der Waals surface area contributed by atoms with Crippen LogP contribution >= 0.6 is 0 Å². The fourth-order valence-corrected chi connectivity index (χ4v) is 3.45. The molecule has 0 bridgehead atoms. The van der Waals surface area contributed by atoms with Crippen LogP contribution in [0.1, 0.15) is 36.4 Å². The molecule has 2 aromatic carbocycles. The van der Waals surface area contributed by atoms with Crippen LogP contribution in [-0.4, -0.2) is 28.5 Å². The number of amidine groups is 1. The number of nitrogens with two attached hydrogens (primary N) is 1. The van der Waals surface area contributed by atoms with Gasteiger partial charge < -0.3 is 15.5 Å². The number of hydrogen-bond acceptors (Lipinski definition) is 4. The molecule has 28 heavy (non-hydrogen) atoms. The van der Waals surface area contributed by atoms with Gasteiger partial charge in [-0.25, -0.2) is 9.98 Å². The number of aromatic nitrogens is 2. The number of aliphatic imine (C=N–C) groups is 1. The van der Waals surface area contributed by atoms with Crippen molar-refractivity contribution in [1.82, 2.24) is 9.97 Å². The predicted molar refractivity (Wildman–Crippen MR) is 105 cm³/mol. The number of hydrogen-bond donors (Lipinski definition) is 2. The van der Waals surface area contributed by atoms with Gasteiger partial charge in [-0.3, -0.25) is 0 Å². The highest BCUT2D eigenvalue weighted by Gasteiger charge is 2.55. The molecule has 0 saturated heterocycles. The summed E-state index contributed by atoms with van der Waals surface area (Å²) in [6.07, 6.45) is 1.63. The zero-order chi connectivity index (χ0) is 19.9. The number of rotatable bonds is 4. The molecule has 0 radical (unpaired) electrons. The third kappa shape index (κ3) is 3.10. The third-order valence-corrected chi connectivity index (χ3v) is 5.34. The lowest BCUT2D eigenvalue weighted by molar-refractivity contribution is -0.116. The predicted octanol–water partition coefficient (Wildman–Crippen LogP) is 3.91. The topological polar surface area (TPSA) is 76.3 Å². The fraction of sp³-hybridized carbons (Fsp3) is 0.333. The van der Waals surface area contributed by atoms with Crippen molar-refractivity contribution >= 4 is 17.1 Å². The summed E-state index contributed by atoms with van der Waals surface area (Å²) < 4.78 is 33.8.